The number of hydrogen-bond donors (Lipinski definition) is 0. The highest BCUT2D eigenvalue weighted by molar-refractivity contribution is 7.26. The molecule has 216 valence electrons. The molecule has 0 aliphatic carbocycles. The summed E-state index contributed by atoms with van der Waals surface area (Å²) in [6.07, 6.45) is 0. The Hall–Kier alpha value is -5.70. The lowest BCUT2D eigenvalue weighted by molar-refractivity contribution is 1.29. The Kier molecular flexibility index (Phi) is 6.40. The summed E-state index contributed by atoms with van der Waals surface area (Å²) in [5.74, 6) is 0. The molecule has 0 amide bonds. The van der Waals surface area contributed by atoms with Crippen molar-refractivity contribution < 1.29 is 0 Å². The zero-order valence-electron chi connectivity index (χ0n) is 25.1. The van der Waals surface area contributed by atoms with Crippen LogP contribution >= 0.6 is 11.3 Å². The predicted molar refractivity (Wildman–Crippen MR) is 200 cm³/mol. The summed E-state index contributed by atoms with van der Waals surface area (Å²) in [6, 6.07) is 63.9. The van der Waals surface area contributed by atoms with Gasteiger partial charge >= 0.3 is 0 Å². The normalized spacial score (nSPS) is 11.5. The highest BCUT2D eigenvalue weighted by Crippen LogP contribution is 2.41. The van der Waals surface area contributed by atoms with Crippen LogP contribution in [0.5, 0.6) is 0 Å². The van der Waals surface area contributed by atoms with E-state index in [0.717, 1.165) is 17.1 Å². The van der Waals surface area contributed by atoms with Gasteiger partial charge in [0.1, 0.15) is 0 Å². The minimum Gasteiger partial charge on any atom is -0.310 e. The second kappa shape index (κ2) is 11.0. The molecule has 0 aliphatic heterocycles. The predicted octanol–water partition coefficient (Wildman–Crippen LogP) is 13.2. The van der Waals surface area contributed by atoms with E-state index in [9.17, 15) is 0 Å². The Labute approximate surface area is 272 Å². The highest BCUT2D eigenvalue weighted by Gasteiger charge is 2.15. The molecule has 2 heteroatoms. The lowest BCUT2D eigenvalue weighted by Gasteiger charge is -2.26. The minimum atomic E-state index is 1.13. The van der Waals surface area contributed by atoms with Crippen LogP contribution < -0.4 is 4.90 Å². The van der Waals surface area contributed by atoms with E-state index in [4.69, 9.17) is 0 Å². The van der Waals surface area contributed by atoms with Gasteiger partial charge in [-0.15, -0.1) is 11.3 Å². The molecule has 0 N–H and O–H groups in total. The van der Waals surface area contributed by atoms with E-state index in [2.05, 4.69) is 181 Å². The van der Waals surface area contributed by atoms with Gasteiger partial charge in [0, 0.05) is 37.2 Å². The quantitative estimate of drug-likeness (QED) is 0.189. The van der Waals surface area contributed by atoms with Crippen molar-refractivity contribution in [1.82, 2.24) is 0 Å². The van der Waals surface area contributed by atoms with Gasteiger partial charge in [0.25, 0.3) is 0 Å². The van der Waals surface area contributed by atoms with Crippen molar-refractivity contribution in [2.24, 2.45) is 0 Å². The van der Waals surface area contributed by atoms with Crippen LogP contribution in [0, 0.1) is 0 Å². The summed E-state index contributed by atoms with van der Waals surface area (Å²) in [5, 5.41) is 7.79. The molecule has 0 radical (unpaired) electrons. The van der Waals surface area contributed by atoms with Gasteiger partial charge in [-0.25, -0.2) is 0 Å². The second-order valence-corrected chi connectivity index (χ2v) is 12.9. The zero-order chi connectivity index (χ0) is 30.5. The number of fused-ring (bicyclic) bond motifs is 6. The van der Waals surface area contributed by atoms with Gasteiger partial charge in [0.15, 0.2) is 0 Å². The molecule has 0 atom stereocenters. The van der Waals surface area contributed by atoms with E-state index in [1.165, 1.54) is 64.0 Å². The van der Waals surface area contributed by atoms with Crippen LogP contribution in [-0.4, -0.2) is 0 Å². The van der Waals surface area contributed by atoms with Crippen molar-refractivity contribution in [3.63, 3.8) is 0 Å². The SMILES string of the molecule is c1ccc(-c2ccc(N(c3ccc(-c4ccc5c(c4)sc4ccc6ccccc6c45)cc3)c3ccc4ccccc4c3)cc2)cc1. The fourth-order valence-corrected chi connectivity index (χ4v) is 7.89. The van der Waals surface area contributed by atoms with Crippen molar-refractivity contribution in [1.29, 1.82) is 0 Å². The fourth-order valence-electron chi connectivity index (χ4n) is 6.73. The number of nitrogens with zero attached hydrogens (tertiary/aromatic N) is 1. The molecule has 1 heterocycles. The molecule has 0 aliphatic rings. The van der Waals surface area contributed by atoms with E-state index in [-0.39, 0.29) is 0 Å². The summed E-state index contributed by atoms with van der Waals surface area (Å²) in [5.41, 5.74) is 8.27. The van der Waals surface area contributed by atoms with Gasteiger partial charge in [-0.2, -0.15) is 0 Å². The molecule has 46 heavy (non-hydrogen) atoms. The number of rotatable bonds is 5. The van der Waals surface area contributed by atoms with Gasteiger partial charge in [-0.3, -0.25) is 0 Å². The molecule has 0 bridgehead atoms. The van der Waals surface area contributed by atoms with Gasteiger partial charge in [0.2, 0.25) is 0 Å². The smallest absolute Gasteiger partial charge is 0.0468 e. The number of anilines is 3. The molecule has 9 rings (SSSR count). The summed E-state index contributed by atoms with van der Waals surface area (Å²) in [4.78, 5) is 2.35. The fraction of sp³-hybridized carbons (Fsp3) is 0. The molecule has 8 aromatic carbocycles. The molecule has 1 aromatic heterocycles. The highest BCUT2D eigenvalue weighted by atomic mass is 32.1. The van der Waals surface area contributed by atoms with Gasteiger partial charge in [-0.1, -0.05) is 127 Å². The molecule has 0 saturated carbocycles. The van der Waals surface area contributed by atoms with Crippen LogP contribution in [0.2, 0.25) is 0 Å². The Bertz CT molecular complexity index is 2510. The second-order valence-electron chi connectivity index (χ2n) is 11.8. The lowest BCUT2D eigenvalue weighted by Crippen LogP contribution is -2.09. The Morgan fingerprint density at radius 3 is 1.65 bits per heavy atom. The third-order valence-electron chi connectivity index (χ3n) is 9.04. The van der Waals surface area contributed by atoms with E-state index < -0.39 is 0 Å². The zero-order valence-corrected chi connectivity index (χ0v) is 25.9. The first-order valence-electron chi connectivity index (χ1n) is 15.7. The van der Waals surface area contributed by atoms with Crippen LogP contribution in [0.3, 0.4) is 0 Å². The third-order valence-corrected chi connectivity index (χ3v) is 10.2. The average Bonchev–Trinajstić information content (AvgIpc) is 3.51. The van der Waals surface area contributed by atoms with Crippen LogP contribution in [0.15, 0.2) is 176 Å². The van der Waals surface area contributed by atoms with E-state index in [1.807, 2.05) is 11.3 Å². The van der Waals surface area contributed by atoms with Gasteiger partial charge in [0.05, 0.1) is 0 Å². The first kappa shape index (κ1) is 26.7. The summed E-state index contributed by atoms with van der Waals surface area (Å²) < 4.78 is 2.66. The molecular weight excluding hydrogens is 575 g/mol. The topological polar surface area (TPSA) is 3.24 Å². The van der Waals surface area contributed by atoms with Crippen molar-refractivity contribution in [2.75, 3.05) is 4.90 Å². The van der Waals surface area contributed by atoms with Gasteiger partial charge in [-0.05, 0) is 92.3 Å². The molecule has 0 saturated heterocycles. The summed E-state index contributed by atoms with van der Waals surface area (Å²) in [6.45, 7) is 0. The van der Waals surface area contributed by atoms with E-state index in [1.54, 1.807) is 0 Å². The number of hydrogen-bond acceptors (Lipinski definition) is 2. The third kappa shape index (κ3) is 4.63. The Morgan fingerprint density at radius 2 is 0.891 bits per heavy atom. The minimum absolute atomic E-state index is 1.13. The monoisotopic (exact) mass is 603 g/mol. The number of thiophene rings is 1. The molecule has 0 fully saturated rings. The van der Waals surface area contributed by atoms with Crippen LogP contribution in [0.25, 0.3) is 64.0 Å². The first-order valence-corrected chi connectivity index (χ1v) is 16.5. The average molecular weight is 604 g/mol. The maximum absolute atomic E-state index is 2.35. The molecule has 0 spiro atoms. The lowest BCUT2D eigenvalue weighted by atomic mass is 10.0. The molecule has 9 aromatic rings. The molecular formula is C44H29NS. The maximum atomic E-state index is 2.35. The standard InChI is InChI=1S/C44H29NS/c1-2-8-30(9-3-1)32-14-21-37(22-15-32)45(39-25-18-31-10-4-5-12-35(31)28-39)38-23-16-33(17-24-38)36-19-26-41-43(29-36)46-42-27-20-34-11-6-7-13-40(34)44(41)42/h1-29H. The van der Waals surface area contributed by atoms with E-state index in [0.29, 0.717) is 0 Å². The number of benzene rings is 8. The molecule has 1 nitrogen and oxygen atoms in total. The first-order chi connectivity index (χ1) is 22.8. The Balaban J connectivity index is 1.11. The van der Waals surface area contributed by atoms with Gasteiger partial charge < -0.3 is 4.90 Å². The Morgan fingerprint density at radius 1 is 0.326 bits per heavy atom. The van der Waals surface area contributed by atoms with Crippen molar-refractivity contribution in [2.45, 2.75) is 0 Å². The van der Waals surface area contributed by atoms with Crippen LogP contribution in [-0.2, 0) is 0 Å². The van der Waals surface area contributed by atoms with Crippen LogP contribution in [0.1, 0.15) is 0 Å². The summed E-state index contributed by atoms with van der Waals surface area (Å²) >= 11 is 1.88. The van der Waals surface area contributed by atoms with Crippen molar-refractivity contribution in [3.05, 3.63) is 176 Å². The largest absolute Gasteiger partial charge is 0.310 e. The van der Waals surface area contributed by atoms with Crippen molar-refractivity contribution >= 4 is 70.1 Å². The maximum Gasteiger partial charge on any atom is 0.0468 e. The van der Waals surface area contributed by atoms with Crippen molar-refractivity contribution in [3.8, 4) is 22.3 Å². The summed E-state index contributed by atoms with van der Waals surface area (Å²) in [7, 11) is 0. The van der Waals surface area contributed by atoms with E-state index >= 15 is 0 Å². The molecule has 0 unspecified atom stereocenters. The van der Waals surface area contributed by atoms with Crippen LogP contribution in [0.4, 0.5) is 17.1 Å².